The van der Waals surface area contributed by atoms with E-state index in [0.717, 1.165) is 44.3 Å². The van der Waals surface area contributed by atoms with Gasteiger partial charge in [-0.1, -0.05) is 12.1 Å². The highest BCUT2D eigenvalue weighted by Gasteiger charge is 2.24. The van der Waals surface area contributed by atoms with Crippen molar-refractivity contribution in [1.29, 1.82) is 0 Å². The number of likely N-dealkylation sites (tertiary alicyclic amines) is 1. The molecule has 1 saturated heterocycles. The second-order valence-corrected chi connectivity index (χ2v) is 6.12. The molecule has 4 heteroatoms. The van der Waals surface area contributed by atoms with Gasteiger partial charge in [-0.2, -0.15) is 0 Å². The molecule has 1 aliphatic rings. The number of aliphatic carboxylic acids is 1. The van der Waals surface area contributed by atoms with Crippen LogP contribution in [0.15, 0.2) is 24.3 Å². The number of nitrogens with zero attached hydrogens (tertiary/aromatic N) is 1. The molecule has 0 saturated carbocycles. The summed E-state index contributed by atoms with van der Waals surface area (Å²) in [6.07, 6.45) is 4.10. The van der Waals surface area contributed by atoms with Crippen LogP contribution in [0.25, 0.3) is 0 Å². The maximum Gasteiger partial charge on any atom is 0.303 e. The highest BCUT2D eigenvalue weighted by molar-refractivity contribution is 5.66. The van der Waals surface area contributed by atoms with Gasteiger partial charge in [0, 0.05) is 19.0 Å². The molecule has 0 spiro atoms. The molecule has 2 rings (SSSR count). The first-order chi connectivity index (χ1) is 10.0. The summed E-state index contributed by atoms with van der Waals surface area (Å²) in [4.78, 5) is 13.1. The van der Waals surface area contributed by atoms with Crippen molar-refractivity contribution in [3.05, 3.63) is 35.6 Å². The van der Waals surface area contributed by atoms with Crippen molar-refractivity contribution in [2.24, 2.45) is 5.92 Å². The van der Waals surface area contributed by atoms with Gasteiger partial charge in [-0.15, -0.1) is 0 Å². The largest absolute Gasteiger partial charge is 0.481 e. The van der Waals surface area contributed by atoms with Crippen molar-refractivity contribution in [1.82, 2.24) is 4.90 Å². The Hall–Kier alpha value is -1.42. The molecule has 0 amide bonds. The first-order valence-electron chi connectivity index (χ1n) is 7.75. The molecule has 2 unspecified atom stereocenters. The summed E-state index contributed by atoms with van der Waals surface area (Å²) in [5.41, 5.74) is 1.02. The van der Waals surface area contributed by atoms with Gasteiger partial charge in [0.1, 0.15) is 5.82 Å². The molecule has 21 heavy (non-hydrogen) atoms. The highest BCUT2D eigenvalue weighted by Crippen LogP contribution is 2.23. The van der Waals surface area contributed by atoms with Crippen LogP contribution in [0.4, 0.5) is 4.39 Å². The Morgan fingerprint density at radius 3 is 3.05 bits per heavy atom. The Bertz CT molecular complexity index is 478. The van der Waals surface area contributed by atoms with Gasteiger partial charge < -0.3 is 10.0 Å². The summed E-state index contributed by atoms with van der Waals surface area (Å²) >= 11 is 0. The molecule has 1 fully saturated rings. The number of carboxylic acids is 1. The van der Waals surface area contributed by atoms with Crippen molar-refractivity contribution < 1.29 is 14.3 Å². The molecule has 3 nitrogen and oxygen atoms in total. The number of hydrogen-bond acceptors (Lipinski definition) is 2. The lowest BCUT2D eigenvalue weighted by Gasteiger charge is -2.37. The molecule has 116 valence electrons. The smallest absolute Gasteiger partial charge is 0.303 e. The van der Waals surface area contributed by atoms with Crippen LogP contribution in [0.2, 0.25) is 0 Å². The van der Waals surface area contributed by atoms with Crippen LogP contribution in [0.3, 0.4) is 0 Å². The minimum atomic E-state index is -0.708. The van der Waals surface area contributed by atoms with E-state index in [4.69, 9.17) is 5.11 Å². The lowest BCUT2D eigenvalue weighted by atomic mass is 9.92. The first kappa shape index (κ1) is 16.0. The number of carbonyl (C=O) groups is 1. The van der Waals surface area contributed by atoms with Crippen molar-refractivity contribution in [2.75, 3.05) is 13.1 Å². The molecular formula is C17H24FNO2. The Labute approximate surface area is 125 Å². The zero-order valence-electron chi connectivity index (χ0n) is 12.6. The van der Waals surface area contributed by atoms with Gasteiger partial charge in [-0.3, -0.25) is 4.79 Å². The third kappa shape index (κ3) is 5.12. The average molecular weight is 293 g/mol. The van der Waals surface area contributed by atoms with Crippen LogP contribution < -0.4 is 0 Å². The summed E-state index contributed by atoms with van der Waals surface area (Å²) < 4.78 is 13.2. The summed E-state index contributed by atoms with van der Waals surface area (Å²) in [6, 6.07) is 7.15. The quantitative estimate of drug-likeness (QED) is 0.874. The summed E-state index contributed by atoms with van der Waals surface area (Å²) in [5, 5.41) is 8.79. The van der Waals surface area contributed by atoms with Crippen LogP contribution in [-0.2, 0) is 11.2 Å². The number of benzene rings is 1. The van der Waals surface area contributed by atoms with Gasteiger partial charge in [-0.25, -0.2) is 4.39 Å². The molecule has 0 aliphatic carbocycles. The third-order valence-corrected chi connectivity index (χ3v) is 4.36. The van der Waals surface area contributed by atoms with Crippen LogP contribution in [0.1, 0.15) is 38.2 Å². The second-order valence-electron chi connectivity index (χ2n) is 6.12. The topological polar surface area (TPSA) is 40.5 Å². The Morgan fingerprint density at radius 2 is 2.33 bits per heavy atom. The second kappa shape index (κ2) is 7.55. The van der Waals surface area contributed by atoms with E-state index in [1.807, 2.05) is 6.07 Å². The van der Waals surface area contributed by atoms with Crippen LogP contribution in [-0.4, -0.2) is 35.1 Å². The van der Waals surface area contributed by atoms with E-state index in [1.54, 1.807) is 12.1 Å². The first-order valence-corrected chi connectivity index (χ1v) is 7.75. The van der Waals surface area contributed by atoms with E-state index in [1.165, 1.54) is 6.07 Å². The van der Waals surface area contributed by atoms with Gasteiger partial charge in [0.15, 0.2) is 0 Å². The maximum atomic E-state index is 13.2. The minimum absolute atomic E-state index is 0.183. The predicted molar refractivity (Wildman–Crippen MR) is 80.7 cm³/mol. The van der Waals surface area contributed by atoms with E-state index in [0.29, 0.717) is 12.0 Å². The summed E-state index contributed by atoms with van der Waals surface area (Å²) in [6.45, 7) is 4.19. The fourth-order valence-corrected chi connectivity index (χ4v) is 3.19. The van der Waals surface area contributed by atoms with Gasteiger partial charge in [-0.05, 0) is 62.8 Å². The average Bonchev–Trinajstić information content (AvgIpc) is 2.45. The number of rotatable bonds is 6. The predicted octanol–water partition coefficient (Wildman–Crippen LogP) is 3.33. The molecule has 0 radical (unpaired) electrons. The van der Waals surface area contributed by atoms with Crippen molar-refractivity contribution in [2.45, 2.75) is 45.1 Å². The van der Waals surface area contributed by atoms with E-state index in [2.05, 4.69) is 11.8 Å². The molecule has 1 N–H and O–H groups in total. The SMILES string of the molecule is CC(Cc1cccc(F)c1)N1CCCC(CCC(=O)O)C1. The molecule has 0 bridgehead atoms. The van der Waals surface area contributed by atoms with Crippen LogP contribution >= 0.6 is 0 Å². The summed E-state index contributed by atoms with van der Waals surface area (Å²) in [7, 11) is 0. The normalized spacial score (nSPS) is 21.1. The van der Waals surface area contributed by atoms with Crippen LogP contribution in [0.5, 0.6) is 0 Å². The van der Waals surface area contributed by atoms with E-state index in [-0.39, 0.29) is 12.2 Å². The van der Waals surface area contributed by atoms with Gasteiger partial charge in [0.25, 0.3) is 0 Å². The standard InChI is InChI=1S/C17H24FNO2/c1-13(10-15-4-2-6-16(18)11-15)19-9-3-5-14(12-19)7-8-17(20)21/h2,4,6,11,13-14H,3,5,7-10,12H2,1H3,(H,20,21). The van der Waals surface area contributed by atoms with Gasteiger partial charge in [0.05, 0.1) is 0 Å². The van der Waals surface area contributed by atoms with Crippen molar-refractivity contribution in [3.63, 3.8) is 0 Å². The van der Waals surface area contributed by atoms with E-state index in [9.17, 15) is 9.18 Å². The number of piperidine rings is 1. The Morgan fingerprint density at radius 1 is 1.52 bits per heavy atom. The van der Waals surface area contributed by atoms with Crippen molar-refractivity contribution >= 4 is 5.97 Å². The third-order valence-electron chi connectivity index (χ3n) is 4.36. The van der Waals surface area contributed by atoms with E-state index >= 15 is 0 Å². The molecular weight excluding hydrogens is 269 g/mol. The molecule has 1 aromatic rings. The van der Waals surface area contributed by atoms with Gasteiger partial charge in [0.2, 0.25) is 0 Å². The zero-order chi connectivity index (χ0) is 15.2. The maximum absolute atomic E-state index is 13.2. The highest BCUT2D eigenvalue weighted by atomic mass is 19.1. The molecule has 2 atom stereocenters. The fourth-order valence-electron chi connectivity index (χ4n) is 3.19. The van der Waals surface area contributed by atoms with E-state index < -0.39 is 5.97 Å². The zero-order valence-corrected chi connectivity index (χ0v) is 12.6. The van der Waals surface area contributed by atoms with Gasteiger partial charge >= 0.3 is 5.97 Å². The Balaban J connectivity index is 1.86. The fraction of sp³-hybridized carbons (Fsp3) is 0.588. The minimum Gasteiger partial charge on any atom is -0.481 e. The molecule has 1 aliphatic heterocycles. The van der Waals surface area contributed by atoms with Crippen LogP contribution in [0, 0.1) is 11.7 Å². The Kier molecular flexibility index (Phi) is 5.74. The lowest BCUT2D eigenvalue weighted by Crippen LogP contribution is -2.42. The molecule has 1 aromatic carbocycles. The lowest BCUT2D eigenvalue weighted by molar-refractivity contribution is -0.137. The number of hydrogen-bond donors (Lipinski definition) is 1. The summed E-state index contributed by atoms with van der Waals surface area (Å²) in [5.74, 6) is -0.414. The van der Waals surface area contributed by atoms with Crippen molar-refractivity contribution in [3.8, 4) is 0 Å². The molecule has 0 aromatic heterocycles. The number of carboxylic acid groups (broad SMARTS) is 1. The monoisotopic (exact) mass is 293 g/mol. The molecule has 1 heterocycles. The number of halogens is 1.